The summed E-state index contributed by atoms with van der Waals surface area (Å²) >= 11 is 0. The Kier molecular flexibility index (Phi) is 3.85. The van der Waals surface area contributed by atoms with Crippen LogP contribution in [0, 0.1) is 0 Å². The normalized spacial score (nSPS) is 11.7. The maximum atomic E-state index is 5.65. The standard InChI is InChI=1S/C14H19N3O2/c1-4-18-14(2,3)13-16-12(19-17-13)9-10-5-7-11(15)8-6-10/h5-8H,4,9,15H2,1-3H3. The molecule has 2 rings (SSSR count). The number of rotatable bonds is 5. The molecule has 0 amide bonds. The number of hydrogen-bond acceptors (Lipinski definition) is 5. The van der Waals surface area contributed by atoms with Crippen LogP contribution in [0.2, 0.25) is 0 Å². The average molecular weight is 261 g/mol. The van der Waals surface area contributed by atoms with E-state index in [9.17, 15) is 0 Å². The third kappa shape index (κ3) is 3.32. The average Bonchev–Trinajstić information content (AvgIpc) is 2.81. The van der Waals surface area contributed by atoms with Crippen molar-refractivity contribution in [2.45, 2.75) is 32.8 Å². The molecule has 0 bridgehead atoms. The van der Waals surface area contributed by atoms with Crippen LogP contribution in [-0.4, -0.2) is 16.7 Å². The molecule has 0 aliphatic carbocycles. The summed E-state index contributed by atoms with van der Waals surface area (Å²) in [7, 11) is 0. The van der Waals surface area contributed by atoms with Crippen LogP contribution in [0.1, 0.15) is 38.0 Å². The molecule has 0 unspecified atom stereocenters. The highest BCUT2D eigenvalue weighted by atomic mass is 16.5. The lowest BCUT2D eigenvalue weighted by atomic mass is 10.1. The minimum absolute atomic E-state index is 0.530. The fourth-order valence-electron chi connectivity index (χ4n) is 1.81. The number of anilines is 1. The van der Waals surface area contributed by atoms with Gasteiger partial charge in [-0.1, -0.05) is 17.3 Å². The molecule has 0 fully saturated rings. The molecule has 0 radical (unpaired) electrons. The molecule has 2 N–H and O–H groups in total. The van der Waals surface area contributed by atoms with Crippen LogP contribution in [-0.2, 0) is 16.8 Å². The van der Waals surface area contributed by atoms with E-state index in [1.54, 1.807) is 0 Å². The zero-order chi connectivity index (χ0) is 13.9. The molecular formula is C14H19N3O2. The molecule has 0 aliphatic heterocycles. The van der Waals surface area contributed by atoms with Gasteiger partial charge >= 0.3 is 0 Å². The first-order valence-electron chi connectivity index (χ1n) is 6.32. The number of aromatic nitrogens is 2. The Bertz CT molecular complexity index is 532. The SMILES string of the molecule is CCOC(C)(C)c1noc(Cc2ccc(N)cc2)n1. The fourth-order valence-corrected chi connectivity index (χ4v) is 1.81. The van der Waals surface area contributed by atoms with E-state index in [0.29, 0.717) is 24.7 Å². The molecule has 0 atom stereocenters. The Balaban J connectivity index is 2.11. The lowest BCUT2D eigenvalue weighted by molar-refractivity contribution is -0.0221. The summed E-state index contributed by atoms with van der Waals surface area (Å²) in [6.45, 7) is 6.40. The summed E-state index contributed by atoms with van der Waals surface area (Å²) in [4.78, 5) is 4.38. The van der Waals surface area contributed by atoms with Gasteiger partial charge in [0, 0.05) is 12.3 Å². The molecule has 1 aromatic heterocycles. The van der Waals surface area contributed by atoms with Crippen LogP contribution in [0.15, 0.2) is 28.8 Å². The van der Waals surface area contributed by atoms with Crippen molar-refractivity contribution in [3.8, 4) is 0 Å². The predicted octanol–water partition coefficient (Wildman–Crippen LogP) is 2.51. The number of nitrogen functional groups attached to an aromatic ring is 1. The van der Waals surface area contributed by atoms with Crippen molar-refractivity contribution in [3.63, 3.8) is 0 Å². The summed E-state index contributed by atoms with van der Waals surface area (Å²) < 4.78 is 10.9. The van der Waals surface area contributed by atoms with Gasteiger partial charge in [-0.15, -0.1) is 0 Å². The van der Waals surface area contributed by atoms with Gasteiger partial charge in [0.15, 0.2) is 0 Å². The molecule has 0 spiro atoms. The van der Waals surface area contributed by atoms with Gasteiger partial charge in [0.25, 0.3) is 0 Å². The Hall–Kier alpha value is -1.88. The van der Waals surface area contributed by atoms with Crippen LogP contribution in [0.3, 0.4) is 0 Å². The third-order valence-corrected chi connectivity index (χ3v) is 2.85. The number of ether oxygens (including phenoxy) is 1. The number of hydrogen-bond donors (Lipinski definition) is 1. The minimum atomic E-state index is -0.530. The Morgan fingerprint density at radius 2 is 1.95 bits per heavy atom. The van der Waals surface area contributed by atoms with Gasteiger partial charge in [-0.2, -0.15) is 4.98 Å². The zero-order valence-corrected chi connectivity index (χ0v) is 11.5. The fraction of sp³-hybridized carbons (Fsp3) is 0.429. The molecular weight excluding hydrogens is 242 g/mol. The lowest BCUT2D eigenvalue weighted by Crippen LogP contribution is -2.23. The van der Waals surface area contributed by atoms with Gasteiger partial charge in [-0.3, -0.25) is 0 Å². The maximum absolute atomic E-state index is 5.65. The molecule has 1 heterocycles. The summed E-state index contributed by atoms with van der Waals surface area (Å²) in [6.07, 6.45) is 0.593. The topological polar surface area (TPSA) is 74.2 Å². The smallest absolute Gasteiger partial charge is 0.231 e. The summed E-state index contributed by atoms with van der Waals surface area (Å²) in [5.74, 6) is 1.15. The quantitative estimate of drug-likeness (QED) is 0.837. The van der Waals surface area contributed by atoms with Gasteiger partial charge in [-0.25, -0.2) is 0 Å². The number of nitrogens with zero attached hydrogens (tertiary/aromatic N) is 2. The van der Waals surface area contributed by atoms with Gasteiger partial charge in [-0.05, 0) is 38.5 Å². The van der Waals surface area contributed by atoms with Gasteiger partial charge in [0.1, 0.15) is 5.60 Å². The largest absolute Gasteiger partial charge is 0.399 e. The molecule has 0 saturated heterocycles. The van der Waals surface area contributed by atoms with Crippen LogP contribution in [0.5, 0.6) is 0 Å². The van der Waals surface area contributed by atoms with Crippen molar-refractivity contribution in [1.82, 2.24) is 10.1 Å². The van der Waals surface area contributed by atoms with E-state index < -0.39 is 5.60 Å². The van der Waals surface area contributed by atoms with E-state index in [2.05, 4.69) is 10.1 Å². The molecule has 2 aromatic rings. The molecule has 0 saturated carbocycles. The first-order chi connectivity index (χ1) is 9.01. The first kappa shape index (κ1) is 13.5. The second kappa shape index (κ2) is 5.40. The first-order valence-corrected chi connectivity index (χ1v) is 6.32. The summed E-state index contributed by atoms with van der Waals surface area (Å²) in [6, 6.07) is 7.62. The minimum Gasteiger partial charge on any atom is -0.399 e. The van der Waals surface area contributed by atoms with Crippen molar-refractivity contribution in [2.75, 3.05) is 12.3 Å². The Morgan fingerprint density at radius 3 is 2.58 bits per heavy atom. The molecule has 5 nitrogen and oxygen atoms in total. The highest BCUT2D eigenvalue weighted by Crippen LogP contribution is 2.22. The van der Waals surface area contributed by atoms with Crippen LogP contribution in [0.4, 0.5) is 5.69 Å². The van der Waals surface area contributed by atoms with Crippen LogP contribution in [0.25, 0.3) is 0 Å². The second-order valence-corrected chi connectivity index (χ2v) is 4.87. The number of nitrogens with two attached hydrogens (primary N) is 1. The monoisotopic (exact) mass is 261 g/mol. The van der Waals surface area contributed by atoms with Crippen molar-refractivity contribution < 1.29 is 9.26 Å². The van der Waals surface area contributed by atoms with Crippen molar-refractivity contribution >= 4 is 5.69 Å². The van der Waals surface area contributed by atoms with Crippen LogP contribution >= 0.6 is 0 Å². The molecule has 1 aromatic carbocycles. The summed E-state index contributed by atoms with van der Waals surface area (Å²) in [5.41, 5.74) is 6.94. The highest BCUT2D eigenvalue weighted by molar-refractivity contribution is 5.39. The Morgan fingerprint density at radius 1 is 1.26 bits per heavy atom. The van der Waals surface area contributed by atoms with E-state index >= 15 is 0 Å². The molecule has 5 heteroatoms. The van der Waals surface area contributed by atoms with E-state index in [1.807, 2.05) is 45.0 Å². The van der Waals surface area contributed by atoms with Crippen molar-refractivity contribution in [3.05, 3.63) is 41.5 Å². The van der Waals surface area contributed by atoms with Gasteiger partial charge in [0.2, 0.25) is 11.7 Å². The molecule has 102 valence electrons. The van der Waals surface area contributed by atoms with Crippen molar-refractivity contribution in [1.29, 1.82) is 0 Å². The molecule has 19 heavy (non-hydrogen) atoms. The van der Waals surface area contributed by atoms with E-state index in [0.717, 1.165) is 11.3 Å². The van der Waals surface area contributed by atoms with Gasteiger partial charge in [0.05, 0.1) is 6.42 Å². The number of benzene rings is 1. The van der Waals surface area contributed by atoms with E-state index in [4.69, 9.17) is 15.0 Å². The zero-order valence-electron chi connectivity index (χ0n) is 11.5. The summed E-state index contributed by atoms with van der Waals surface area (Å²) in [5, 5.41) is 3.98. The van der Waals surface area contributed by atoms with E-state index in [1.165, 1.54) is 0 Å². The van der Waals surface area contributed by atoms with Crippen molar-refractivity contribution in [2.24, 2.45) is 0 Å². The van der Waals surface area contributed by atoms with E-state index in [-0.39, 0.29) is 0 Å². The Labute approximate surface area is 112 Å². The van der Waals surface area contributed by atoms with Gasteiger partial charge < -0.3 is 15.0 Å². The predicted molar refractivity (Wildman–Crippen MR) is 72.6 cm³/mol. The lowest BCUT2D eigenvalue weighted by Gasteiger charge is -2.19. The molecule has 0 aliphatic rings. The maximum Gasteiger partial charge on any atom is 0.231 e. The van der Waals surface area contributed by atoms with Crippen LogP contribution < -0.4 is 5.73 Å². The highest BCUT2D eigenvalue weighted by Gasteiger charge is 2.27. The third-order valence-electron chi connectivity index (χ3n) is 2.85. The second-order valence-electron chi connectivity index (χ2n) is 4.87.